The molecule has 1 aliphatic heterocycles. The fourth-order valence-corrected chi connectivity index (χ4v) is 4.74. The highest BCUT2D eigenvalue weighted by molar-refractivity contribution is 6.06. The van der Waals surface area contributed by atoms with E-state index in [0.29, 0.717) is 29.9 Å². The largest absolute Gasteiger partial charge is 0.378 e. The van der Waals surface area contributed by atoms with E-state index >= 15 is 0 Å². The molecule has 0 spiro atoms. The molecule has 0 saturated carbocycles. The highest BCUT2D eigenvalue weighted by Gasteiger charge is 2.16. The monoisotopic (exact) mass is 495 g/mol. The maximum Gasteiger partial charge on any atom is 0.250 e. The first-order valence-electron chi connectivity index (χ1n) is 12.3. The number of ketones is 1. The molecular formula is C29H29N5O3. The predicted molar refractivity (Wildman–Crippen MR) is 144 cm³/mol. The van der Waals surface area contributed by atoms with Crippen molar-refractivity contribution < 1.29 is 14.3 Å². The molecule has 0 aliphatic carbocycles. The number of aromatic nitrogens is 2. The maximum atomic E-state index is 13.1. The summed E-state index contributed by atoms with van der Waals surface area (Å²) in [5.41, 5.74) is 11.3. The summed E-state index contributed by atoms with van der Waals surface area (Å²) in [6.07, 6.45) is 1.74. The van der Waals surface area contributed by atoms with Crippen LogP contribution in [0.25, 0.3) is 10.9 Å². The van der Waals surface area contributed by atoms with E-state index in [1.807, 2.05) is 48.5 Å². The number of Topliss-reactive ketones (excluding diaryl/α,β-unsaturated/α-hetero) is 1. The lowest BCUT2D eigenvalue weighted by Gasteiger charge is -2.30. The lowest BCUT2D eigenvalue weighted by Crippen LogP contribution is -2.36. The Labute approximate surface area is 215 Å². The molecule has 3 aromatic carbocycles. The average molecular weight is 496 g/mol. The van der Waals surface area contributed by atoms with Gasteiger partial charge in [-0.3, -0.25) is 9.59 Å². The maximum absolute atomic E-state index is 13.1. The Morgan fingerprint density at radius 2 is 1.78 bits per heavy atom. The number of anilines is 2. The van der Waals surface area contributed by atoms with Gasteiger partial charge >= 0.3 is 0 Å². The molecule has 1 aliphatic rings. The van der Waals surface area contributed by atoms with Crippen LogP contribution in [-0.4, -0.2) is 48.0 Å². The van der Waals surface area contributed by atoms with Gasteiger partial charge in [-0.1, -0.05) is 30.3 Å². The van der Waals surface area contributed by atoms with Crippen LogP contribution in [0, 0.1) is 6.92 Å². The van der Waals surface area contributed by atoms with Crippen molar-refractivity contribution >= 4 is 34.1 Å². The molecule has 1 fully saturated rings. The van der Waals surface area contributed by atoms with Gasteiger partial charge in [0.05, 0.1) is 24.3 Å². The Balaban J connectivity index is 1.27. The van der Waals surface area contributed by atoms with Gasteiger partial charge in [0.1, 0.15) is 12.1 Å². The zero-order valence-electron chi connectivity index (χ0n) is 20.7. The SMILES string of the molecule is Cc1cc(C(=O)Cc2cccc(CNc3ncnc4c(C(N)=O)cccc34)c2)ccc1N1CCOCC1. The molecular weight excluding hydrogens is 466 g/mol. The van der Waals surface area contributed by atoms with E-state index < -0.39 is 5.91 Å². The van der Waals surface area contributed by atoms with Crippen molar-refractivity contribution in [3.05, 3.63) is 94.8 Å². The molecule has 37 heavy (non-hydrogen) atoms. The van der Waals surface area contributed by atoms with Gasteiger partial charge in [-0.25, -0.2) is 9.97 Å². The molecule has 0 radical (unpaired) electrons. The van der Waals surface area contributed by atoms with Crippen molar-refractivity contribution in [3.63, 3.8) is 0 Å². The number of benzene rings is 3. The second kappa shape index (κ2) is 10.8. The molecule has 188 valence electrons. The topological polar surface area (TPSA) is 110 Å². The number of rotatable bonds is 8. The van der Waals surface area contributed by atoms with Gasteiger partial charge in [-0.2, -0.15) is 0 Å². The van der Waals surface area contributed by atoms with E-state index in [4.69, 9.17) is 10.5 Å². The lowest BCUT2D eigenvalue weighted by atomic mass is 9.99. The lowest BCUT2D eigenvalue weighted by molar-refractivity contribution is 0.0988. The minimum absolute atomic E-state index is 0.0857. The zero-order chi connectivity index (χ0) is 25.8. The third-order valence-corrected chi connectivity index (χ3v) is 6.62. The number of morpholine rings is 1. The van der Waals surface area contributed by atoms with Crippen LogP contribution in [0.15, 0.2) is 67.0 Å². The van der Waals surface area contributed by atoms with Crippen molar-refractivity contribution in [2.45, 2.75) is 19.9 Å². The molecule has 1 aromatic heterocycles. The van der Waals surface area contributed by atoms with Crippen molar-refractivity contribution in [2.75, 3.05) is 36.5 Å². The van der Waals surface area contributed by atoms with Gasteiger partial charge < -0.3 is 20.7 Å². The zero-order valence-corrected chi connectivity index (χ0v) is 20.7. The van der Waals surface area contributed by atoms with E-state index in [0.717, 1.165) is 59.6 Å². The number of para-hydroxylation sites is 1. The number of aryl methyl sites for hydroxylation is 1. The van der Waals surface area contributed by atoms with Gasteiger partial charge in [0.15, 0.2) is 5.78 Å². The average Bonchev–Trinajstić information content (AvgIpc) is 2.92. The molecule has 4 aromatic rings. The summed E-state index contributed by atoms with van der Waals surface area (Å²) in [7, 11) is 0. The number of amides is 1. The standard InChI is InChI=1S/C29H29N5O3/c1-19-14-22(8-9-25(19)34-10-12-37-13-11-34)26(35)16-20-4-2-5-21(15-20)17-31-29-24-7-3-6-23(28(30)36)27(24)32-18-33-29/h2-9,14-15,18H,10-13,16-17H2,1H3,(H2,30,36)(H,31,32,33). The molecule has 1 amide bonds. The Morgan fingerprint density at radius 1 is 1.00 bits per heavy atom. The number of hydrogen-bond acceptors (Lipinski definition) is 7. The molecule has 5 rings (SSSR count). The first-order chi connectivity index (χ1) is 18.0. The molecule has 2 heterocycles. The summed E-state index contributed by atoms with van der Waals surface area (Å²) in [4.78, 5) is 35.7. The number of primary amides is 1. The van der Waals surface area contributed by atoms with E-state index in [-0.39, 0.29) is 5.78 Å². The van der Waals surface area contributed by atoms with E-state index in [1.165, 1.54) is 6.33 Å². The first-order valence-corrected chi connectivity index (χ1v) is 12.3. The van der Waals surface area contributed by atoms with Crippen LogP contribution in [0.5, 0.6) is 0 Å². The summed E-state index contributed by atoms with van der Waals surface area (Å²) in [5, 5.41) is 4.05. The third-order valence-electron chi connectivity index (χ3n) is 6.62. The highest BCUT2D eigenvalue weighted by Crippen LogP contribution is 2.24. The summed E-state index contributed by atoms with van der Waals surface area (Å²) < 4.78 is 5.45. The van der Waals surface area contributed by atoms with Crippen molar-refractivity contribution in [1.82, 2.24) is 9.97 Å². The van der Waals surface area contributed by atoms with Crippen molar-refractivity contribution in [3.8, 4) is 0 Å². The summed E-state index contributed by atoms with van der Waals surface area (Å²) >= 11 is 0. The number of ether oxygens (including phenoxy) is 1. The normalized spacial score (nSPS) is 13.5. The molecule has 0 unspecified atom stereocenters. The fourth-order valence-electron chi connectivity index (χ4n) is 4.74. The number of carbonyl (C=O) groups excluding carboxylic acids is 2. The number of nitrogens with one attached hydrogen (secondary N) is 1. The summed E-state index contributed by atoms with van der Waals surface area (Å²) in [6, 6.07) is 19.2. The van der Waals surface area contributed by atoms with Crippen LogP contribution >= 0.6 is 0 Å². The van der Waals surface area contributed by atoms with Gasteiger partial charge in [-0.15, -0.1) is 0 Å². The van der Waals surface area contributed by atoms with Gasteiger partial charge in [0.2, 0.25) is 0 Å². The van der Waals surface area contributed by atoms with Crippen LogP contribution < -0.4 is 16.0 Å². The summed E-state index contributed by atoms with van der Waals surface area (Å²) in [6.45, 7) is 5.75. The predicted octanol–water partition coefficient (Wildman–Crippen LogP) is 3.91. The molecule has 3 N–H and O–H groups in total. The van der Waals surface area contributed by atoms with Gasteiger partial charge in [-0.05, 0) is 53.9 Å². The Bertz CT molecular complexity index is 1460. The smallest absolute Gasteiger partial charge is 0.250 e. The first kappa shape index (κ1) is 24.4. The van der Waals surface area contributed by atoms with Crippen molar-refractivity contribution in [1.29, 1.82) is 0 Å². The highest BCUT2D eigenvalue weighted by atomic mass is 16.5. The van der Waals surface area contributed by atoms with E-state index in [1.54, 1.807) is 12.1 Å². The van der Waals surface area contributed by atoms with E-state index in [9.17, 15) is 9.59 Å². The third kappa shape index (κ3) is 5.44. The van der Waals surface area contributed by atoms with Crippen LogP contribution in [0.3, 0.4) is 0 Å². The Morgan fingerprint density at radius 3 is 2.57 bits per heavy atom. The minimum atomic E-state index is -0.529. The van der Waals surface area contributed by atoms with Crippen LogP contribution in [0.4, 0.5) is 11.5 Å². The quantitative estimate of drug-likeness (QED) is 0.357. The number of fused-ring (bicyclic) bond motifs is 1. The molecule has 8 heteroatoms. The van der Waals surface area contributed by atoms with Gasteiger partial charge in [0.25, 0.3) is 5.91 Å². The number of carbonyl (C=O) groups is 2. The fraction of sp³-hybridized carbons (Fsp3) is 0.241. The molecule has 1 saturated heterocycles. The van der Waals surface area contributed by atoms with Crippen LogP contribution in [-0.2, 0) is 17.7 Å². The summed E-state index contributed by atoms with van der Waals surface area (Å²) in [5.74, 6) is 0.173. The van der Waals surface area contributed by atoms with Crippen molar-refractivity contribution in [2.24, 2.45) is 5.73 Å². The molecule has 0 bridgehead atoms. The van der Waals surface area contributed by atoms with Gasteiger partial charge in [0, 0.05) is 42.7 Å². The van der Waals surface area contributed by atoms with Crippen LogP contribution in [0.1, 0.15) is 37.4 Å². The molecule has 8 nitrogen and oxygen atoms in total. The second-order valence-electron chi connectivity index (χ2n) is 9.16. The molecule has 0 atom stereocenters. The second-order valence-corrected chi connectivity index (χ2v) is 9.16. The Kier molecular flexibility index (Phi) is 7.09. The van der Waals surface area contributed by atoms with Crippen LogP contribution in [0.2, 0.25) is 0 Å². The number of hydrogen-bond donors (Lipinski definition) is 2. The van der Waals surface area contributed by atoms with E-state index in [2.05, 4.69) is 27.1 Å². The minimum Gasteiger partial charge on any atom is -0.378 e. The Hall–Kier alpha value is -4.30. The number of nitrogens with zero attached hydrogens (tertiary/aromatic N) is 3. The number of nitrogens with two attached hydrogens (primary N) is 1.